The Morgan fingerprint density at radius 3 is 2.50 bits per heavy atom. The first-order chi connectivity index (χ1) is 11.5. The van der Waals surface area contributed by atoms with Crippen molar-refractivity contribution in [3.8, 4) is 0 Å². The van der Waals surface area contributed by atoms with Gasteiger partial charge in [0.1, 0.15) is 0 Å². The maximum atomic E-state index is 12.8. The number of amides is 2. The predicted molar refractivity (Wildman–Crippen MR) is 88.7 cm³/mol. The lowest BCUT2D eigenvalue weighted by Crippen LogP contribution is -2.47. The molecule has 0 radical (unpaired) electrons. The van der Waals surface area contributed by atoms with Crippen molar-refractivity contribution < 1.29 is 19.5 Å². The van der Waals surface area contributed by atoms with Gasteiger partial charge in [0.2, 0.25) is 5.91 Å². The van der Waals surface area contributed by atoms with Gasteiger partial charge in [-0.1, -0.05) is 6.07 Å². The second-order valence-electron chi connectivity index (χ2n) is 6.76. The molecule has 0 spiro atoms. The van der Waals surface area contributed by atoms with E-state index in [0.717, 1.165) is 12.8 Å². The Labute approximate surface area is 140 Å². The molecule has 1 aromatic rings. The molecule has 2 aliphatic rings. The second kappa shape index (κ2) is 6.63. The Hall–Kier alpha value is -2.37. The van der Waals surface area contributed by atoms with Crippen LogP contribution in [0.5, 0.6) is 0 Å². The lowest BCUT2D eigenvalue weighted by molar-refractivity contribution is -0.143. The van der Waals surface area contributed by atoms with Gasteiger partial charge in [-0.15, -0.1) is 0 Å². The Morgan fingerprint density at radius 2 is 1.83 bits per heavy atom. The summed E-state index contributed by atoms with van der Waals surface area (Å²) in [6, 6.07) is 6.87. The number of hydrogen-bond acceptors (Lipinski definition) is 3. The third kappa shape index (κ3) is 3.58. The Balaban J connectivity index is 1.73. The van der Waals surface area contributed by atoms with Crippen molar-refractivity contribution >= 4 is 23.5 Å². The molecule has 0 aromatic heterocycles. The highest BCUT2D eigenvalue weighted by atomic mass is 16.4. The van der Waals surface area contributed by atoms with Crippen LogP contribution in [0.25, 0.3) is 0 Å². The van der Waals surface area contributed by atoms with E-state index in [1.165, 1.54) is 0 Å². The van der Waals surface area contributed by atoms with E-state index in [2.05, 4.69) is 5.32 Å². The number of carbonyl (C=O) groups excluding carboxylic acids is 2. The summed E-state index contributed by atoms with van der Waals surface area (Å²) in [6.07, 6.45) is 3.12. The molecule has 1 saturated carbocycles. The Bertz CT molecular complexity index is 669. The molecule has 1 aliphatic heterocycles. The number of carbonyl (C=O) groups is 3. The lowest BCUT2D eigenvalue weighted by Gasteiger charge is -2.36. The highest BCUT2D eigenvalue weighted by molar-refractivity contribution is 5.98. The number of anilines is 1. The maximum Gasteiger partial charge on any atom is 0.308 e. The normalized spacial score (nSPS) is 23.6. The Kier molecular flexibility index (Phi) is 4.55. The number of nitrogens with zero attached hydrogens (tertiary/aromatic N) is 1. The average molecular weight is 330 g/mol. The van der Waals surface area contributed by atoms with Crippen LogP contribution in [-0.2, 0) is 9.59 Å². The van der Waals surface area contributed by atoms with Crippen molar-refractivity contribution in [2.45, 2.75) is 38.6 Å². The molecule has 128 valence electrons. The number of hydrogen-bond donors (Lipinski definition) is 2. The van der Waals surface area contributed by atoms with Crippen LogP contribution in [0.4, 0.5) is 5.69 Å². The van der Waals surface area contributed by atoms with E-state index in [4.69, 9.17) is 0 Å². The second-order valence-corrected chi connectivity index (χ2v) is 6.76. The van der Waals surface area contributed by atoms with E-state index < -0.39 is 11.9 Å². The van der Waals surface area contributed by atoms with Gasteiger partial charge in [0.05, 0.1) is 5.92 Å². The molecule has 2 unspecified atom stereocenters. The molecule has 24 heavy (non-hydrogen) atoms. The van der Waals surface area contributed by atoms with Crippen molar-refractivity contribution in [3.63, 3.8) is 0 Å². The number of benzene rings is 1. The van der Waals surface area contributed by atoms with Gasteiger partial charge in [-0.05, 0) is 50.8 Å². The standard InChI is InChI=1S/C18H22N2O4/c1-11-5-6-14(18(23)24)10-20(11)17(22)13-3-2-4-15(9-13)19-16(21)12-7-8-12/h2-4,9,11-12,14H,5-8,10H2,1H3,(H,19,21)(H,23,24). The van der Waals surface area contributed by atoms with E-state index in [9.17, 15) is 19.5 Å². The van der Waals surface area contributed by atoms with Gasteiger partial charge >= 0.3 is 5.97 Å². The van der Waals surface area contributed by atoms with Crippen molar-refractivity contribution in [1.29, 1.82) is 0 Å². The van der Waals surface area contributed by atoms with E-state index >= 15 is 0 Å². The monoisotopic (exact) mass is 330 g/mol. The van der Waals surface area contributed by atoms with E-state index in [0.29, 0.717) is 24.1 Å². The number of carboxylic acids is 1. The molecule has 2 fully saturated rings. The average Bonchev–Trinajstić information content (AvgIpc) is 3.39. The van der Waals surface area contributed by atoms with Gasteiger partial charge in [0.25, 0.3) is 5.91 Å². The first kappa shape index (κ1) is 16.5. The topological polar surface area (TPSA) is 86.7 Å². The molecular formula is C18H22N2O4. The lowest BCUT2D eigenvalue weighted by atomic mass is 9.93. The molecule has 2 atom stereocenters. The molecule has 1 saturated heterocycles. The van der Waals surface area contributed by atoms with Crippen LogP contribution in [0.15, 0.2) is 24.3 Å². The predicted octanol–water partition coefficient (Wildman–Crippen LogP) is 2.36. The molecule has 2 amide bonds. The number of piperidine rings is 1. The molecule has 3 rings (SSSR count). The summed E-state index contributed by atoms with van der Waals surface area (Å²) in [4.78, 5) is 37.5. The summed E-state index contributed by atoms with van der Waals surface area (Å²) < 4.78 is 0. The van der Waals surface area contributed by atoms with Crippen LogP contribution >= 0.6 is 0 Å². The van der Waals surface area contributed by atoms with Crippen LogP contribution in [0.1, 0.15) is 43.0 Å². The van der Waals surface area contributed by atoms with Crippen molar-refractivity contribution in [2.24, 2.45) is 11.8 Å². The van der Waals surface area contributed by atoms with Gasteiger partial charge in [-0.3, -0.25) is 14.4 Å². The number of rotatable bonds is 4. The minimum absolute atomic E-state index is 0.00289. The molecule has 1 aromatic carbocycles. The van der Waals surface area contributed by atoms with Gasteiger partial charge in [0, 0.05) is 29.8 Å². The molecule has 1 aliphatic carbocycles. The fourth-order valence-corrected chi connectivity index (χ4v) is 3.08. The first-order valence-corrected chi connectivity index (χ1v) is 8.40. The van der Waals surface area contributed by atoms with Crippen LogP contribution < -0.4 is 5.32 Å². The number of carboxylic acid groups (broad SMARTS) is 1. The zero-order valence-electron chi connectivity index (χ0n) is 13.7. The third-order valence-electron chi connectivity index (χ3n) is 4.82. The van der Waals surface area contributed by atoms with Crippen LogP contribution in [0.2, 0.25) is 0 Å². The summed E-state index contributed by atoms with van der Waals surface area (Å²) in [5.74, 6) is -1.45. The molecule has 6 nitrogen and oxygen atoms in total. The molecule has 0 bridgehead atoms. The quantitative estimate of drug-likeness (QED) is 0.887. The van der Waals surface area contributed by atoms with Crippen LogP contribution in [0, 0.1) is 11.8 Å². The van der Waals surface area contributed by atoms with Gasteiger partial charge in [-0.2, -0.15) is 0 Å². The highest BCUT2D eigenvalue weighted by Gasteiger charge is 2.33. The fourth-order valence-electron chi connectivity index (χ4n) is 3.08. The molecule has 2 N–H and O–H groups in total. The number of nitrogens with one attached hydrogen (secondary N) is 1. The van der Waals surface area contributed by atoms with E-state index in [-0.39, 0.29) is 30.3 Å². The SMILES string of the molecule is CC1CCC(C(=O)O)CN1C(=O)c1cccc(NC(=O)C2CC2)c1. The van der Waals surface area contributed by atoms with Crippen molar-refractivity contribution in [1.82, 2.24) is 4.90 Å². The van der Waals surface area contributed by atoms with Crippen LogP contribution in [-0.4, -0.2) is 40.4 Å². The summed E-state index contributed by atoms with van der Waals surface area (Å²) in [7, 11) is 0. The first-order valence-electron chi connectivity index (χ1n) is 8.40. The smallest absolute Gasteiger partial charge is 0.308 e. The molecular weight excluding hydrogens is 308 g/mol. The van der Waals surface area contributed by atoms with Gasteiger partial charge < -0.3 is 15.3 Å². The zero-order valence-corrected chi connectivity index (χ0v) is 13.7. The van der Waals surface area contributed by atoms with E-state index in [1.807, 2.05) is 6.92 Å². The largest absolute Gasteiger partial charge is 0.481 e. The highest BCUT2D eigenvalue weighted by Crippen LogP contribution is 2.30. The van der Waals surface area contributed by atoms with Crippen LogP contribution in [0.3, 0.4) is 0 Å². The van der Waals surface area contributed by atoms with Gasteiger partial charge in [-0.25, -0.2) is 0 Å². The number of likely N-dealkylation sites (tertiary alicyclic amines) is 1. The molecule has 6 heteroatoms. The summed E-state index contributed by atoms with van der Waals surface area (Å²) in [6.45, 7) is 2.17. The van der Waals surface area contributed by atoms with Crippen molar-refractivity contribution in [2.75, 3.05) is 11.9 Å². The van der Waals surface area contributed by atoms with E-state index in [1.54, 1.807) is 29.2 Å². The summed E-state index contributed by atoms with van der Waals surface area (Å²) in [5.41, 5.74) is 1.08. The zero-order chi connectivity index (χ0) is 17.3. The van der Waals surface area contributed by atoms with Crippen molar-refractivity contribution in [3.05, 3.63) is 29.8 Å². The minimum atomic E-state index is -0.856. The third-order valence-corrected chi connectivity index (χ3v) is 4.82. The fraction of sp³-hybridized carbons (Fsp3) is 0.500. The summed E-state index contributed by atoms with van der Waals surface area (Å²) >= 11 is 0. The summed E-state index contributed by atoms with van der Waals surface area (Å²) in [5, 5.41) is 12.0. The van der Waals surface area contributed by atoms with Gasteiger partial charge in [0.15, 0.2) is 0 Å². The maximum absolute atomic E-state index is 12.8. The molecule has 1 heterocycles. The Morgan fingerprint density at radius 1 is 1.12 bits per heavy atom. The number of aliphatic carboxylic acids is 1. The minimum Gasteiger partial charge on any atom is -0.481 e.